The highest BCUT2D eigenvalue weighted by Gasteiger charge is 2.21. The Morgan fingerprint density at radius 1 is 1.14 bits per heavy atom. The Balaban J connectivity index is 2.06. The smallest absolute Gasteiger partial charge is 0.0915 e. The van der Waals surface area contributed by atoms with Crippen molar-refractivity contribution in [2.45, 2.75) is 25.5 Å². The van der Waals surface area contributed by atoms with Crippen molar-refractivity contribution in [3.8, 4) is 0 Å². The second-order valence-corrected chi connectivity index (χ2v) is 7.44. The van der Waals surface area contributed by atoms with Crippen LogP contribution in [0.25, 0.3) is 0 Å². The van der Waals surface area contributed by atoms with Crippen molar-refractivity contribution in [2.75, 3.05) is 6.54 Å². The van der Waals surface area contributed by atoms with Crippen LogP contribution in [0.2, 0.25) is 10.0 Å². The van der Waals surface area contributed by atoms with Gasteiger partial charge in [0, 0.05) is 16.6 Å². The van der Waals surface area contributed by atoms with Gasteiger partial charge >= 0.3 is 0 Å². The molecule has 0 radical (unpaired) electrons. The lowest BCUT2D eigenvalue weighted by molar-refractivity contribution is 0.161. The van der Waals surface area contributed by atoms with Gasteiger partial charge in [-0.15, -0.1) is 0 Å². The van der Waals surface area contributed by atoms with Crippen LogP contribution in [-0.2, 0) is 5.54 Å². The van der Waals surface area contributed by atoms with Crippen LogP contribution in [0.5, 0.6) is 0 Å². The molecule has 0 heterocycles. The van der Waals surface area contributed by atoms with Gasteiger partial charge in [0.05, 0.1) is 16.1 Å². The fraction of sp³-hybridized carbons (Fsp3) is 0.294. The number of aliphatic hydroxyl groups excluding tert-OH is 1. The Kier molecular flexibility index (Phi) is 5.92. The first-order valence-electron chi connectivity index (χ1n) is 6.94. The van der Waals surface area contributed by atoms with E-state index < -0.39 is 6.10 Å². The van der Waals surface area contributed by atoms with E-state index in [0.717, 1.165) is 15.6 Å². The summed E-state index contributed by atoms with van der Waals surface area (Å²) in [5.41, 5.74) is 1.62. The Hall–Kier alpha value is -0.580. The van der Waals surface area contributed by atoms with Gasteiger partial charge in [-0.1, -0.05) is 57.3 Å². The number of aliphatic hydroxyl groups is 1. The molecule has 0 aromatic heterocycles. The maximum atomic E-state index is 10.3. The zero-order valence-electron chi connectivity index (χ0n) is 12.4. The molecule has 5 heteroatoms. The molecule has 0 fully saturated rings. The molecule has 2 rings (SSSR count). The van der Waals surface area contributed by atoms with E-state index in [9.17, 15) is 5.11 Å². The number of hydrogen-bond acceptors (Lipinski definition) is 2. The van der Waals surface area contributed by atoms with Gasteiger partial charge in [-0.05, 0) is 49.2 Å². The Morgan fingerprint density at radius 3 is 2.50 bits per heavy atom. The molecule has 0 saturated heterocycles. The standard InChI is InChI=1S/C17H18BrCl2NO/c1-17(2,12-4-3-5-13(18)9-12)21-10-16(22)11-6-7-14(19)15(20)8-11/h3-9,16,21-22H,10H2,1-2H3. The van der Waals surface area contributed by atoms with Gasteiger partial charge in [0.1, 0.15) is 0 Å². The molecule has 2 aromatic rings. The van der Waals surface area contributed by atoms with Crippen molar-refractivity contribution in [1.29, 1.82) is 0 Å². The molecule has 0 spiro atoms. The summed E-state index contributed by atoms with van der Waals surface area (Å²) in [5.74, 6) is 0. The quantitative estimate of drug-likeness (QED) is 0.709. The van der Waals surface area contributed by atoms with Crippen molar-refractivity contribution < 1.29 is 5.11 Å². The summed E-state index contributed by atoms with van der Waals surface area (Å²) in [6.07, 6.45) is -0.652. The highest BCUT2D eigenvalue weighted by Crippen LogP contribution is 2.27. The zero-order chi connectivity index (χ0) is 16.3. The molecule has 1 unspecified atom stereocenters. The summed E-state index contributed by atoms with van der Waals surface area (Å²) in [4.78, 5) is 0. The number of rotatable bonds is 5. The molecule has 0 aliphatic heterocycles. The second-order valence-electron chi connectivity index (χ2n) is 5.71. The Morgan fingerprint density at radius 2 is 1.86 bits per heavy atom. The average Bonchev–Trinajstić information content (AvgIpc) is 2.48. The van der Waals surface area contributed by atoms with E-state index in [2.05, 4.69) is 47.2 Å². The molecular formula is C17H18BrCl2NO. The van der Waals surface area contributed by atoms with Crippen LogP contribution in [0.4, 0.5) is 0 Å². The van der Waals surface area contributed by atoms with Gasteiger partial charge in [-0.25, -0.2) is 0 Å². The van der Waals surface area contributed by atoms with E-state index in [-0.39, 0.29) is 5.54 Å². The van der Waals surface area contributed by atoms with Crippen LogP contribution in [0.1, 0.15) is 31.1 Å². The maximum Gasteiger partial charge on any atom is 0.0915 e. The molecule has 0 aliphatic rings. The molecule has 2 nitrogen and oxygen atoms in total. The lowest BCUT2D eigenvalue weighted by Gasteiger charge is -2.28. The first-order valence-corrected chi connectivity index (χ1v) is 8.48. The molecule has 0 saturated carbocycles. The first kappa shape index (κ1) is 17.8. The number of nitrogens with one attached hydrogen (secondary N) is 1. The van der Waals surface area contributed by atoms with E-state index in [1.54, 1.807) is 18.2 Å². The van der Waals surface area contributed by atoms with E-state index >= 15 is 0 Å². The summed E-state index contributed by atoms with van der Waals surface area (Å²) < 4.78 is 1.03. The van der Waals surface area contributed by atoms with Gasteiger partial charge in [-0.3, -0.25) is 0 Å². The number of halogens is 3. The van der Waals surface area contributed by atoms with E-state index in [1.165, 1.54) is 0 Å². The summed E-state index contributed by atoms with van der Waals surface area (Å²) in [6.45, 7) is 4.57. The highest BCUT2D eigenvalue weighted by molar-refractivity contribution is 9.10. The van der Waals surface area contributed by atoms with Crippen LogP contribution in [0.3, 0.4) is 0 Å². The monoisotopic (exact) mass is 401 g/mol. The van der Waals surface area contributed by atoms with Crippen molar-refractivity contribution in [3.05, 3.63) is 68.1 Å². The third kappa shape index (κ3) is 4.46. The maximum absolute atomic E-state index is 10.3. The molecule has 22 heavy (non-hydrogen) atoms. The summed E-state index contributed by atoms with van der Waals surface area (Å²) in [7, 11) is 0. The van der Waals surface area contributed by atoms with Crippen molar-refractivity contribution >= 4 is 39.1 Å². The average molecular weight is 403 g/mol. The molecule has 118 valence electrons. The van der Waals surface area contributed by atoms with Crippen molar-refractivity contribution in [1.82, 2.24) is 5.32 Å². The minimum atomic E-state index is -0.652. The zero-order valence-corrected chi connectivity index (χ0v) is 15.5. The first-order chi connectivity index (χ1) is 10.3. The molecule has 2 aromatic carbocycles. The second kappa shape index (κ2) is 7.33. The van der Waals surface area contributed by atoms with E-state index in [0.29, 0.717) is 16.6 Å². The fourth-order valence-corrected chi connectivity index (χ4v) is 2.87. The Bertz CT molecular complexity index is 661. The fourth-order valence-electron chi connectivity index (χ4n) is 2.17. The van der Waals surface area contributed by atoms with Gasteiger partial charge in [0.2, 0.25) is 0 Å². The number of benzene rings is 2. The molecule has 0 bridgehead atoms. The normalized spacial score (nSPS) is 13.2. The van der Waals surface area contributed by atoms with Crippen LogP contribution < -0.4 is 5.32 Å². The van der Waals surface area contributed by atoms with Crippen LogP contribution in [0, 0.1) is 0 Å². The minimum absolute atomic E-state index is 0.263. The summed E-state index contributed by atoms with van der Waals surface area (Å²) >= 11 is 15.4. The third-order valence-corrected chi connectivity index (χ3v) is 4.84. The molecule has 1 atom stereocenters. The van der Waals surface area contributed by atoms with Crippen LogP contribution in [-0.4, -0.2) is 11.7 Å². The van der Waals surface area contributed by atoms with Crippen molar-refractivity contribution in [2.24, 2.45) is 0 Å². The lowest BCUT2D eigenvalue weighted by Crippen LogP contribution is -2.39. The number of hydrogen-bond donors (Lipinski definition) is 2. The summed E-state index contributed by atoms with van der Waals surface area (Å²) in [6, 6.07) is 13.3. The van der Waals surface area contributed by atoms with E-state index in [4.69, 9.17) is 23.2 Å². The minimum Gasteiger partial charge on any atom is -0.387 e. The van der Waals surface area contributed by atoms with Crippen LogP contribution in [0.15, 0.2) is 46.9 Å². The third-order valence-electron chi connectivity index (χ3n) is 3.61. The van der Waals surface area contributed by atoms with Gasteiger partial charge in [-0.2, -0.15) is 0 Å². The Labute approximate surface area is 149 Å². The van der Waals surface area contributed by atoms with Gasteiger partial charge in [0.15, 0.2) is 0 Å². The topological polar surface area (TPSA) is 32.3 Å². The highest BCUT2D eigenvalue weighted by atomic mass is 79.9. The summed E-state index contributed by atoms with van der Waals surface area (Å²) in [5, 5.41) is 14.6. The van der Waals surface area contributed by atoms with Crippen LogP contribution >= 0.6 is 39.1 Å². The lowest BCUT2D eigenvalue weighted by atomic mass is 9.94. The molecular weight excluding hydrogens is 385 g/mol. The largest absolute Gasteiger partial charge is 0.387 e. The molecule has 2 N–H and O–H groups in total. The predicted octanol–water partition coefficient (Wildman–Crippen LogP) is 5.31. The van der Waals surface area contributed by atoms with Gasteiger partial charge in [0.25, 0.3) is 0 Å². The molecule has 0 amide bonds. The van der Waals surface area contributed by atoms with Crippen molar-refractivity contribution in [3.63, 3.8) is 0 Å². The van der Waals surface area contributed by atoms with E-state index in [1.807, 2.05) is 12.1 Å². The predicted molar refractivity (Wildman–Crippen MR) is 96.6 cm³/mol. The van der Waals surface area contributed by atoms with Gasteiger partial charge < -0.3 is 10.4 Å². The SMILES string of the molecule is CC(C)(NCC(O)c1ccc(Cl)c(Cl)c1)c1cccc(Br)c1. The molecule has 0 aliphatic carbocycles.